The fourth-order valence-electron chi connectivity index (χ4n) is 3.22. The highest BCUT2D eigenvalue weighted by molar-refractivity contribution is 14.0. The fourth-order valence-corrected chi connectivity index (χ4v) is 3.22. The van der Waals surface area contributed by atoms with Crippen molar-refractivity contribution in [3.8, 4) is 5.75 Å². The summed E-state index contributed by atoms with van der Waals surface area (Å²) in [4.78, 5) is 17.9. The minimum absolute atomic E-state index is 0. The third-order valence-electron chi connectivity index (χ3n) is 4.86. The molecule has 1 aliphatic heterocycles. The van der Waals surface area contributed by atoms with Gasteiger partial charge in [-0.25, -0.2) is 0 Å². The molecule has 1 heterocycles. The van der Waals surface area contributed by atoms with Gasteiger partial charge in [-0.05, 0) is 56.9 Å². The van der Waals surface area contributed by atoms with Crippen molar-refractivity contribution >= 4 is 41.5 Å². The Balaban J connectivity index is 0.00000420. The van der Waals surface area contributed by atoms with Crippen LogP contribution in [0.25, 0.3) is 0 Å². The van der Waals surface area contributed by atoms with E-state index in [1.165, 1.54) is 32.9 Å². The summed E-state index contributed by atoms with van der Waals surface area (Å²) >= 11 is 0. The number of benzene rings is 1. The van der Waals surface area contributed by atoms with Gasteiger partial charge in [0.1, 0.15) is 12.4 Å². The monoisotopic (exact) mass is 517 g/mol. The molecular formula is C21H36IN5O2. The second-order valence-electron chi connectivity index (χ2n) is 7.36. The van der Waals surface area contributed by atoms with Crippen LogP contribution in [0.2, 0.25) is 0 Å². The third-order valence-corrected chi connectivity index (χ3v) is 4.86. The van der Waals surface area contributed by atoms with E-state index in [4.69, 9.17) is 4.74 Å². The van der Waals surface area contributed by atoms with Crippen LogP contribution in [-0.4, -0.2) is 63.1 Å². The van der Waals surface area contributed by atoms with Crippen LogP contribution in [0.1, 0.15) is 33.1 Å². The number of nitrogens with one attached hydrogen (secondary N) is 3. The summed E-state index contributed by atoms with van der Waals surface area (Å²) in [5, 5.41) is 9.37. The van der Waals surface area contributed by atoms with Crippen molar-refractivity contribution in [3.63, 3.8) is 0 Å². The minimum Gasteiger partial charge on any atom is -0.492 e. The van der Waals surface area contributed by atoms with Crippen LogP contribution in [0.4, 0.5) is 5.69 Å². The van der Waals surface area contributed by atoms with Gasteiger partial charge in [-0.1, -0.05) is 13.0 Å². The smallest absolute Gasteiger partial charge is 0.221 e. The Morgan fingerprint density at radius 3 is 2.66 bits per heavy atom. The Hall–Kier alpha value is -1.55. The molecule has 0 atom stereocenters. The molecule has 1 amide bonds. The summed E-state index contributed by atoms with van der Waals surface area (Å²) in [6.45, 7) is 9.50. The molecule has 1 aromatic rings. The van der Waals surface area contributed by atoms with Crippen LogP contribution < -0.4 is 20.7 Å². The van der Waals surface area contributed by atoms with Crippen molar-refractivity contribution in [2.75, 3.05) is 51.7 Å². The number of amides is 1. The van der Waals surface area contributed by atoms with Crippen molar-refractivity contribution in [1.82, 2.24) is 15.5 Å². The number of rotatable bonds is 9. The number of halogens is 1. The first-order valence-electron chi connectivity index (χ1n) is 10.2. The standard InChI is InChI=1S/C21H35N5O2.HI/c1-17-8-13-26(14-9-17)12-5-10-23-21(22-3)24-11-15-28-20-7-4-6-19(16-20)25-18(2)27;/h4,6-7,16-17H,5,8-15H2,1-3H3,(H,25,27)(H2,22,23,24);1H. The number of likely N-dealkylation sites (tertiary alicyclic amines) is 1. The van der Waals surface area contributed by atoms with E-state index in [0.717, 1.165) is 42.8 Å². The molecule has 3 N–H and O–H groups in total. The van der Waals surface area contributed by atoms with Crippen molar-refractivity contribution in [3.05, 3.63) is 24.3 Å². The number of carbonyl (C=O) groups is 1. The third kappa shape index (κ3) is 10.7. The van der Waals surface area contributed by atoms with Crippen LogP contribution in [0.3, 0.4) is 0 Å². The molecule has 1 aromatic carbocycles. The molecule has 7 nitrogen and oxygen atoms in total. The fraction of sp³-hybridized carbons (Fsp3) is 0.619. The van der Waals surface area contributed by atoms with Gasteiger partial charge < -0.3 is 25.6 Å². The van der Waals surface area contributed by atoms with Gasteiger partial charge >= 0.3 is 0 Å². The summed E-state index contributed by atoms with van der Waals surface area (Å²) in [5.41, 5.74) is 0.735. The maximum absolute atomic E-state index is 11.1. The predicted octanol–water partition coefficient (Wildman–Crippen LogP) is 2.93. The molecule has 0 spiro atoms. The van der Waals surface area contributed by atoms with E-state index in [1.54, 1.807) is 7.05 Å². The van der Waals surface area contributed by atoms with Crippen molar-refractivity contribution in [2.24, 2.45) is 10.9 Å². The molecule has 0 aliphatic carbocycles. The van der Waals surface area contributed by atoms with Crippen LogP contribution >= 0.6 is 24.0 Å². The summed E-state index contributed by atoms with van der Waals surface area (Å²) in [6.07, 6.45) is 3.76. The van der Waals surface area contributed by atoms with E-state index in [0.29, 0.717) is 13.2 Å². The number of hydrogen-bond acceptors (Lipinski definition) is 4. The van der Waals surface area contributed by atoms with E-state index in [9.17, 15) is 4.79 Å². The van der Waals surface area contributed by atoms with Gasteiger partial charge in [0.2, 0.25) is 5.91 Å². The molecule has 29 heavy (non-hydrogen) atoms. The summed E-state index contributed by atoms with van der Waals surface area (Å²) in [6, 6.07) is 7.38. The number of hydrogen-bond donors (Lipinski definition) is 3. The topological polar surface area (TPSA) is 78.0 Å². The Morgan fingerprint density at radius 1 is 1.24 bits per heavy atom. The summed E-state index contributed by atoms with van der Waals surface area (Å²) in [7, 11) is 1.78. The molecule has 0 bridgehead atoms. The highest BCUT2D eigenvalue weighted by atomic mass is 127. The van der Waals surface area contributed by atoms with Crippen LogP contribution in [0.15, 0.2) is 29.3 Å². The quantitative estimate of drug-likeness (QED) is 0.203. The number of piperidine rings is 1. The zero-order chi connectivity index (χ0) is 20.2. The first kappa shape index (κ1) is 25.5. The van der Waals surface area contributed by atoms with Gasteiger partial charge in [0.25, 0.3) is 0 Å². The number of aliphatic imine (C=N–C) groups is 1. The number of carbonyl (C=O) groups excluding carboxylic acids is 1. The van der Waals surface area contributed by atoms with E-state index >= 15 is 0 Å². The Kier molecular flexibility index (Phi) is 12.7. The van der Waals surface area contributed by atoms with Gasteiger partial charge in [-0.3, -0.25) is 9.79 Å². The largest absolute Gasteiger partial charge is 0.492 e. The number of ether oxygens (including phenoxy) is 1. The lowest BCUT2D eigenvalue weighted by Crippen LogP contribution is -2.41. The molecule has 0 radical (unpaired) electrons. The number of nitrogens with zero attached hydrogens (tertiary/aromatic N) is 2. The molecule has 1 aliphatic rings. The zero-order valence-corrected chi connectivity index (χ0v) is 20.2. The molecule has 0 saturated carbocycles. The lowest BCUT2D eigenvalue weighted by Gasteiger charge is -2.30. The highest BCUT2D eigenvalue weighted by Crippen LogP contribution is 2.17. The minimum atomic E-state index is -0.0939. The lowest BCUT2D eigenvalue weighted by molar-refractivity contribution is -0.114. The maximum Gasteiger partial charge on any atom is 0.221 e. The lowest BCUT2D eigenvalue weighted by atomic mass is 9.99. The molecule has 0 aromatic heterocycles. The van der Waals surface area contributed by atoms with Gasteiger partial charge in [0.05, 0.1) is 6.54 Å². The predicted molar refractivity (Wildman–Crippen MR) is 130 cm³/mol. The van der Waals surface area contributed by atoms with Crippen molar-refractivity contribution in [2.45, 2.75) is 33.1 Å². The van der Waals surface area contributed by atoms with Crippen molar-refractivity contribution < 1.29 is 9.53 Å². The van der Waals surface area contributed by atoms with E-state index in [1.807, 2.05) is 24.3 Å². The average molecular weight is 517 g/mol. The zero-order valence-electron chi connectivity index (χ0n) is 17.9. The Morgan fingerprint density at radius 2 is 1.97 bits per heavy atom. The number of anilines is 1. The highest BCUT2D eigenvalue weighted by Gasteiger charge is 2.14. The second kappa shape index (κ2) is 14.4. The van der Waals surface area contributed by atoms with E-state index in [-0.39, 0.29) is 29.9 Å². The first-order chi connectivity index (χ1) is 13.6. The van der Waals surface area contributed by atoms with Crippen LogP contribution in [0, 0.1) is 5.92 Å². The van der Waals surface area contributed by atoms with E-state index < -0.39 is 0 Å². The number of guanidine groups is 1. The summed E-state index contributed by atoms with van der Waals surface area (Å²) in [5.74, 6) is 2.31. The average Bonchev–Trinajstić information content (AvgIpc) is 2.68. The van der Waals surface area contributed by atoms with Crippen LogP contribution in [0.5, 0.6) is 5.75 Å². The summed E-state index contributed by atoms with van der Waals surface area (Å²) < 4.78 is 5.73. The Bertz CT molecular complexity index is 633. The first-order valence-corrected chi connectivity index (χ1v) is 10.2. The normalized spacial score (nSPS) is 15.3. The molecule has 0 unspecified atom stereocenters. The van der Waals surface area contributed by atoms with E-state index in [2.05, 4.69) is 32.8 Å². The second-order valence-corrected chi connectivity index (χ2v) is 7.36. The molecule has 164 valence electrons. The van der Waals surface area contributed by atoms with Gasteiger partial charge in [-0.2, -0.15) is 0 Å². The molecule has 1 saturated heterocycles. The molecule has 1 fully saturated rings. The molecular weight excluding hydrogens is 481 g/mol. The SMILES string of the molecule is CN=C(NCCCN1CCC(C)CC1)NCCOc1cccc(NC(C)=O)c1.I. The molecule has 2 rings (SSSR count). The maximum atomic E-state index is 11.1. The molecule has 8 heteroatoms. The van der Waals surface area contributed by atoms with Gasteiger partial charge in [-0.15, -0.1) is 24.0 Å². The van der Waals surface area contributed by atoms with Crippen LogP contribution in [-0.2, 0) is 4.79 Å². The van der Waals surface area contributed by atoms with Crippen molar-refractivity contribution in [1.29, 1.82) is 0 Å². The van der Waals surface area contributed by atoms with Gasteiger partial charge in [0.15, 0.2) is 5.96 Å². The van der Waals surface area contributed by atoms with Gasteiger partial charge in [0, 0.05) is 32.3 Å². The Labute approximate surface area is 192 Å².